The fourth-order valence-corrected chi connectivity index (χ4v) is 1.50. The van der Waals surface area contributed by atoms with Crippen LogP contribution in [0.15, 0.2) is 17.1 Å². The SMILES string of the molecule is C[C@@H](O)[C@@H](CO)O[C@H](CO)n1ccc(NCl)nc1=O. The zero-order valence-electron chi connectivity index (χ0n) is 10.2. The first kappa shape index (κ1) is 15.9. The summed E-state index contributed by atoms with van der Waals surface area (Å²) in [6.45, 7) is 0.465. The van der Waals surface area contributed by atoms with E-state index in [1.807, 2.05) is 0 Å². The third-order valence-corrected chi connectivity index (χ3v) is 2.64. The summed E-state index contributed by atoms with van der Waals surface area (Å²) in [5, 5.41) is 27.6. The van der Waals surface area contributed by atoms with Crippen molar-refractivity contribution in [1.82, 2.24) is 9.55 Å². The van der Waals surface area contributed by atoms with Gasteiger partial charge in [-0.05, 0) is 13.0 Å². The van der Waals surface area contributed by atoms with Crippen molar-refractivity contribution >= 4 is 17.6 Å². The van der Waals surface area contributed by atoms with Gasteiger partial charge >= 0.3 is 5.69 Å². The van der Waals surface area contributed by atoms with E-state index in [0.717, 1.165) is 4.57 Å². The maximum absolute atomic E-state index is 11.7. The van der Waals surface area contributed by atoms with Crippen LogP contribution in [0.25, 0.3) is 0 Å². The summed E-state index contributed by atoms with van der Waals surface area (Å²) in [7, 11) is 0. The number of hydrogen-bond donors (Lipinski definition) is 4. The molecule has 1 heterocycles. The molecule has 0 amide bonds. The minimum atomic E-state index is -1.06. The molecule has 0 bridgehead atoms. The molecule has 19 heavy (non-hydrogen) atoms. The number of anilines is 1. The van der Waals surface area contributed by atoms with Gasteiger partial charge in [-0.25, -0.2) is 4.79 Å². The van der Waals surface area contributed by atoms with Crippen LogP contribution in [0.3, 0.4) is 0 Å². The zero-order valence-corrected chi connectivity index (χ0v) is 11.0. The second kappa shape index (κ2) is 7.41. The van der Waals surface area contributed by atoms with E-state index in [4.69, 9.17) is 21.6 Å². The second-order valence-electron chi connectivity index (χ2n) is 3.83. The van der Waals surface area contributed by atoms with Crippen molar-refractivity contribution in [2.24, 2.45) is 0 Å². The van der Waals surface area contributed by atoms with E-state index in [1.165, 1.54) is 19.2 Å². The normalized spacial score (nSPS) is 15.8. The maximum Gasteiger partial charge on any atom is 0.351 e. The van der Waals surface area contributed by atoms with E-state index < -0.39 is 37.3 Å². The van der Waals surface area contributed by atoms with Crippen molar-refractivity contribution < 1.29 is 20.1 Å². The highest BCUT2D eigenvalue weighted by atomic mass is 35.5. The van der Waals surface area contributed by atoms with Crippen LogP contribution in [0, 0.1) is 0 Å². The molecule has 0 saturated carbocycles. The van der Waals surface area contributed by atoms with E-state index in [0.29, 0.717) is 0 Å². The van der Waals surface area contributed by atoms with Crippen LogP contribution in [0.5, 0.6) is 0 Å². The third-order valence-electron chi connectivity index (χ3n) is 2.44. The minimum Gasteiger partial charge on any atom is -0.394 e. The first-order chi connectivity index (χ1) is 9.03. The van der Waals surface area contributed by atoms with Crippen LogP contribution in [0.1, 0.15) is 13.2 Å². The van der Waals surface area contributed by atoms with Gasteiger partial charge in [0.05, 0.1) is 19.3 Å². The molecule has 3 atom stereocenters. The summed E-state index contributed by atoms with van der Waals surface area (Å²) >= 11 is 5.31. The highest BCUT2D eigenvalue weighted by molar-refractivity contribution is 6.23. The monoisotopic (exact) mass is 293 g/mol. The van der Waals surface area contributed by atoms with Gasteiger partial charge in [0.15, 0.2) is 6.23 Å². The lowest BCUT2D eigenvalue weighted by molar-refractivity contribution is -0.134. The summed E-state index contributed by atoms with van der Waals surface area (Å²) in [5.74, 6) is 0.161. The van der Waals surface area contributed by atoms with Gasteiger partial charge < -0.3 is 20.1 Å². The molecule has 8 nitrogen and oxygen atoms in total. The number of aromatic nitrogens is 2. The van der Waals surface area contributed by atoms with Gasteiger partial charge in [0.25, 0.3) is 0 Å². The summed E-state index contributed by atoms with van der Waals surface area (Å²) in [6.07, 6.45) is -1.60. The molecule has 0 fully saturated rings. The van der Waals surface area contributed by atoms with E-state index in [9.17, 15) is 15.0 Å². The van der Waals surface area contributed by atoms with E-state index >= 15 is 0 Å². The Morgan fingerprint density at radius 3 is 2.63 bits per heavy atom. The van der Waals surface area contributed by atoms with Gasteiger partial charge in [-0.3, -0.25) is 9.40 Å². The molecule has 0 saturated heterocycles. The molecule has 0 spiro atoms. The predicted octanol–water partition coefficient (Wildman–Crippen LogP) is -0.942. The van der Waals surface area contributed by atoms with Crippen molar-refractivity contribution in [2.45, 2.75) is 25.4 Å². The first-order valence-electron chi connectivity index (χ1n) is 5.54. The average Bonchev–Trinajstić information content (AvgIpc) is 2.40. The summed E-state index contributed by atoms with van der Waals surface area (Å²) < 4.78 is 6.30. The Balaban J connectivity index is 2.94. The van der Waals surface area contributed by atoms with Crippen LogP contribution in [-0.4, -0.2) is 50.3 Å². The van der Waals surface area contributed by atoms with E-state index in [2.05, 4.69) is 9.82 Å². The summed E-state index contributed by atoms with van der Waals surface area (Å²) in [5.41, 5.74) is -0.688. The van der Waals surface area contributed by atoms with Crippen LogP contribution >= 0.6 is 11.8 Å². The molecular formula is C10H16ClN3O5. The van der Waals surface area contributed by atoms with Gasteiger partial charge in [0, 0.05) is 18.0 Å². The number of nitrogens with one attached hydrogen (secondary N) is 1. The molecule has 1 aromatic heterocycles. The molecular weight excluding hydrogens is 278 g/mol. The van der Waals surface area contributed by atoms with Crippen molar-refractivity contribution in [2.75, 3.05) is 18.0 Å². The van der Waals surface area contributed by atoms with Crippen molar-refractivity contribution in [3.63, 3.8) is 0 Å². The Morgan fingerprint density at radius 2 is 2.21 bits per heavy atom. The lowest BCUT2D eigenvalue weighted by atomic mass is 10.2. The molecule has 0 aliphatic rings. The standard InChI is InChI=1S/C10H16ClN3O5/c1-6(17)7(4-15)19-9(5-16)14-3-2-8(13-11)12-10(14)18/h2-3,6-7,9,15-17H,4-5H2,1H3,(H,12,13,18)/t6-,7-,9-/m1/s1. The number of ether oxygens (including phenoxy) is 1. The summed E-state index contributed by atoms with van der Waals surface area (Å²) in [6, 6.07) is 1.41. The lowest BCUT2D eigenvalue weighted by Crippen LogP contribution is -2.37. The Labute approximate surface area is 114 Å². The van der Waals surface area contributed by atoms with Crippen molar-refractivity contribution in [3.8, 4) is 0 Å². The number of rotatable bonds is 7. The van der Waals surface area contributed by atoms with Gasteiger partial charge in [0.1, 0.15) is 11.9 Å². The third kappa shape index (κ3) is 4.15. The number of hydrogen-bond acceptors (Lipinski definition) is 7. The highest BCUT2D eigenvalue weighted by Gasteiger charge is 2.22. The van der Waals surface area contributed by atoms with E-state index in [-0.39, 0.29) is 5.82 Å². The number of nitrogens with zero attached hydrogens (tertiary/aromatic N) is 2. The quantitative estimate of drug-likeness (QED) is 0.479. The Kier molecular flexibility index (Phi) is 6.19. The fraction of sp³-hybridized carbons (Fsp3) is 0.600. The van der Waals surface area contributed by atoms with Gasteiger partial charge in [-0.15, -0.1) is 0 Å². The smallest absolute Gasteiger partial charge is 0.351 e. The van der Waals surface area contributed by atoms with Crippen LogP contribution in [0.2, 0.25) is 0 Å². The fourth-order valence-electron chi connectivity index (χ4n) is 1.39. The molecule has 108 valence electrons. The van der Waals surface area contributed by atoms with Gasteiger partial charge in [-0.2, -0.15) is 4.98 Å². The van der Waals surface area contributed by atoms with Gasteiger partial charge in [-0.1, -0.05) is 0 Å². The van der Waals surface area contributed by atoms with Crippen LogP contribution in [0.4, 0.5) is 5.82 Å². The zero-order chi connectivity index (χ0) is 14.4. The van der Waals surface area contributed by atoms with Crippen LogP contribution in [-0.2, 0) is 4.74 Å². The molecule has 0 radical (unpaired) electrons. The predicted molar refractivity (Wildman–Crippen MR) is 67.7 cm³/mol. The minimum absolute atomic E-state index is 0.161. The molecule has 1 rings (SSSR count). The molecule has 9 heteroatoms. The van der Waals surface area contributed by atoms with Crippen LogP contribution < -0.4 is 10.5 Å². The lowest BCUT2D eigenvalue weighted by Gasteiger charge is -2.25. The Morgan fingerprint density at radius 1 is 1.53 bits per heavy atom. The number of aliphatic hydroxyl groups excluding tert-OH is 3. The molecule has 0 unspecified atom stereocenters. The Hall–Kier alpha value is -1.19. The summed E-state index contributed by atoms with van der Waals surface area (Å²) in [4.78, 5) is 17.4. The maximum atomic E-state index is 11.7. The highest BCUT2D eigenvalue weighted by Crippen LogP contribution is 2.12. The van der Waals surface area contributed by atoms with Gasteiger partial charge in [0.2, 0.25) is 0 Å². The Bertz CT molecular complexity index is 453. The largest absolute Gasteiger partial charge is 0.394 e. The molecule has 0 aliphatic heterocycles. The van der Waals surface area contributed by atoms with Crippen molar-refractivity contribution in [3.05, 3.63) is 22.7 Å². The molecule has 1 aromatic rings. The number of halogens is 1. The molecule has 0 aromatic carbocycles. The van der Waals surface area contributed by atoms with Crippen molar-refractivity contribution in [1.29, 1.82) is 0 Å². The first-order valence-corrected chi connectivity index (χ1v) is 5.92. The number of aliphatic hydroxyl groups is 3. The second-order valence-corrected chi connectivity index (χ2v) is 4.02. The average molecular weight is 294 g/mol. The van der Waals surface area contributed by atoms with E-state index in [1.54, 1.807) is 0 Å². The molecule has 0 aliphatic carbocycles. The topological polar surface area (TPSA) is 117 Å². The molecule has 4 N–H and O–H groups in total.